The van der Waals surface area contributed by atoms with Crippen molar-refractivity contribution in [2.75, 3.05) is 36.8 Å². The molecule has 2 aromatic rings. The van der Waals surface area contributed by atoms with Crippen LogP contribution in [0.5, 0.6) is 0 Å². The number of nitrogen functional groups attached to an aromatic ring is 1. The summed E-state index contributed by atoms with van der Waals surface area (Å²) >= 11 is 0. The van der Waals surface area contributed by atoms with Gasteiger partial charge < -0.3 is 16.0 Å². The highest BCUT2D eigenvalue weighted by molar-refractivity contribution is 6.00. The van der Waals surface area contributed by atoms with Gasteiger partial charge >= 0.3 is 0 Å². The third-order valence-corrected chi connectivity index (χ3v) is 3.29. The highest BCUT2D eigenvalue weighted by atomic mass is 15.2. The van der Waals surface area contributed by atoms with Gasteiger partial charge in [0.2, 0.25) is 0 Å². The highest BCUT2D eigenvalue weighted by Gasteiger charge is 2.13. The molecule has 0 spiro atoms. The van der Waals surface area contributed by atoms with Crippen LogP contribution in [0.2, 0.25) is 0 Å². The van der Waals surface area contributed by atoms with Gasteiger partial charge in [-0.1, -0.05) is 0 Å². The Kier molecular flexibility index (Phi) is 2.57. The minimum Gasteiger partial charge on any atom is -0.398 e. The van der Waals surface area contributed by atoms with E-state index in [9.17, 15) is 0 Å². The minimum absolute atomic E-state index is 0.798. The quantitative estimate of drug-likeness (QED) is 0.721. The molecule has 0 saturated carbocycles. The van der Waals surface area contributed by atoms with Crippen molar-refractivity contribution in [2.24, 2.45) is 0 Å². The largest absolute Gasteiger partial charge is 0.398 e. The van der Waals surface area contributed by atoms with Gasteiger partial charge in [0.25, 0.3) is 0 Å². The van der Waals surface area contributed by atoms with Crippen molar-refractivity contribution in [1.29, 1.82) is 0 Å². The number of nitrogens with two attached hydrogens (primary N) is 1. The molecule has 0 bridgehead atoms. The van der Waals surface area contributed by atoms with Crippen molar-refractivity contribution < 1.29 is 0 Å². The zero-order valence-electron chi connectivity index (χ0n) is 9.69. The van der Waals surface area contributed by atoms with E-state index in [1.165, 1.54) is 11.1 Å². The Balaban J connectivity index is 2.12. The van der Waals surface area contributed by atoms with Crippen LogP contribution in [-0.2, 0) is 0 Å². The fourth-order valence-electron chi connectivity index (χ4n) is 2.38. The molecule has 0 unspecified atom stereocenters. The first kappa shape index (κ1) is 10.4. The molecule has 4 heteroatoms. The van der Waals surface area contributed by atoms with Crippen molar-refractivity contribution >= 4 is 22.1 Å². The predicted molar refractivity (Wildman–Crippen MR) is 71.2 cm³/mol. The van der Waals surface area contributed by atoms with Crippen LogP contribution in [0.1, 0.15) is 0 Å². The van der Waals surface area contributed by atoms with Crippen LogP contribution < -0.4 is 16.0 Å². The molecule has 2 heterocycles. The van der Waals surface area contributed by atoms with Crippen molar-refractivity contribution in [3.05, 3.63) is 30.6 Å². The van der Waals surface area contributed by atoms with Gasteiger partial charge in [0.05, 0.1) is 0 Å². The number of hydrogen-bond donors (Lipinski definition) is 2. The summed E-state index contributed by atoms with van der Waals surface area (Å²) in [5.74, 6) is 0. The van der Waals surface area contributed by atoms with Crippen LogP contribution >= 0.6 is 0 Å². The molecule has 3 N–H and O–H groups in total. The van der Waals surface area contributed by atoms with Crippen molar-refractivity contribution in [2.45, 2.75) is 0 Å². The standard InChI is InChI=1S/C13H16N4/c14-12-1-2-13(17-7-5-15-6-8-17)10-3-4-16-9-11(10)12/h1-4,9,15H,5-8,14H2. The zero-order valence-corrected chi connectivity index (χ0v) is 9.69. The molecule has 0 aliphatic carbocycles. The second-order valence-electron chi connectivity index (χ2n) is 4.33. The monoisotopic (exact) mass is 228 g/mol. The number of piperazine rings is 1. The fraction of sp³-hybridized carbons (Fsp3) is 0.308. The number of pyridine rings is 1. The number of benzene rings is 1. The number of hydrogen-bond acceptors (Lipinski definition) is 4. The molecule has 0 atom stereocenters. The molecule has 1 aromatic carbocycles. The molecule has 1 aliphatic rings. The summed E-state index contributed by atoms with van der Waals surface area (Å²) in [5, 5.41) is 5.61. The maximum Gasteiger partial charge on any atom is 0.0449 e. The van der Waals surface area contributed by atoms with Crippen LogP contribution in [0.25, 0.3) is 10.8 Å². The molecule has 3 rings (SSSR count). The number of anilines is 2. The Bertz CT molecular complexity index is 532. The van der Waals surface area contributed by atoms with E-state index in [2.05, 4.69) is 21.3 Å². The molecule has 1 fully saturated rings. The summed E-state index contributed by atoms with van der Waals surface area (Å²) in [5.41, 5.74) is 8.04. The van der Waals surface area contributed by atoms with Gasteiger partial charge in [-0.2, -0.15) is 0 Å². The Morgan fingerprint density at radius 1 is 1.12 bits per heavy atom. The molecular weight excluding hydrogens is 212 g/mol. The maximum absolute atomic E-state index is 5.98. The normalized spacial score (nSPS) is 16.4. The average molecular weight is 228 g/mol. The highest BCUT2D eigenvalue weighted by Crippen LogP contribution is 2.30. The lowest BCUT2D eigenvalue weighted by Crippen LogP contribution is -2.43. The fourth-order valence-corrected chi connectivity index (χ4v) is 2.38. The van der Waals surface area contributed by atoms with Gasteiger partial charge in [0.1, 0.15) is 0 Å². The number of fused-ring (bicyclic) bond motifs is 1. The Morgan fingerprint density at radius 2 is 1.94 bits per heavy atom. The third kappa shape index (κ3) is 1.80. The van der Waals surface area contributed by atoms with E-state index in [1.54, 1.807) is 0 Å². The first-order chi connectivity index (χ1) is 8.36. The van der Waals surface area contributed by atoms with Gasteiger partial charge in [0, 0.05) is 60.7 Å². The van der Waals surface area contributed by atoms with Crippen molar-refractivity contribution in [1.82, 2.24) is 10.3 Å². The van der Waals surface area contributed by atoms with E-state index in [0.29, 0.717) is 0 Å². The van der Waals surface area contributed by atoms with Gasteiger partial charge in [0.15, 0.2) is 0 Å². The summed E-state index contributed by atoms with van der Waals surface area (Å²) < 4.78 is 0. The van der Waals surface area contributed by atoms with Crippen LogP contribution in [-0.4, -0.2) is 31.2 Å². The third-order valence-electron chi connectivity index (χ3n) is 3.29. The SMILES string of the molecule is Nc1ccc(N2CCNCC2)c2ccncc12. The molecule has 1 aliphatic heterocycles. The van der Waals surface area contributed by atoms with E-state index in [1.807, 2.05) is 24.5 Å². The van der Waals surface area contributed by atoms with Gasteiger partial charge in [-0.25, -0.2) is 0 Å². The van der Waals surface area contributed by atoms with Crippen molar-refractivity contribution in [3.63, 3.8) is 0 Å². The summed E-state index contributed by atoms with van der Waals surface area (Å²) in [7, 11) is 0. The molecular formula is C13H16N4. The zero-order chi connectivity index (χ0) is 11.7. The average Bonchev–Trinajstić information content (AvgIpc) is 2.41. The maximum atomic E-state index is 5.98. The number of nitrogens with zero attached hydrogens (tertiary/aromatic N) is 2. The van der Waals surface area contributed by atoms with Crippen LogP contribution in [0.3, 0.4) is 0 Å². The second kappa shape index (κ2) is 4.22. The summed E-state index contributed by atoms with van der Waals surface area (Å²) in [6.07, 6.45) is 3.67. The first-order valence-electron chi connectivity index (χ1n) is 5.94. The van der Waals surface area contributed by atoms with E-state index in [4.69, 9.17) is 5.73 Å². The summed E-state index contributed by atoms with van der Waals surface area (Å²) in [4.78, 5) is 6.55. The molecule has 0 amide bonds. The Labute approximate surface area is 100 Å². The first-order valence-corrected chi connectivity index (χ1v) is 5.94. The van der Waals surface area contributed by atoms with E-state index < -0.39 is 0 Å². The number of aromatic nitrogens is 1. The molecule has 1 saturated heterocycles. The summed E-state index contributed by atoms with van der Waals surface area (Å²) in [6.45, 7) is 4.16. The van der Waals surface area contributed by atoms with Crippen LogP contribution in [0.4, 0.5) is 11.4 Å². The smallest absolute Gasteiger partial charge is 0.0449 e. The van der Waals surface area contributed by atoms with Gasteiger partial charge in [-0.15, -0.1) is 0 Å². The minimum atomic E-state index is 0.798. The molecule has 88 valence electrons. The number of nitrogens with one attached hydrogen (secondary N) is 1. The number of rotatable bonds is 1. The molecule has 0 radical (unpaired) electrons. The lowest BCUT2D eigenvalue weighted by atomic mass is 10.1. The van der Waals surface area contributed by atoms with Crippen LogP contribution in [0, 0.1) is 0 Å². The van der Waals surface area contributed by atoms with Crippen LogP contribution in [0.15, 0.2) is 30.6 Å². The van der Waals surface area contributed by atoms with Gasteiger partial charge in [-0.3, -0.25) is 4.98 Å². The van der Waals surface area contributed by atoms with Gasteiger partial charge in [-0.05, 0) is 18.2 Å². The molecule has 17 heavy (non-hydrogen) atoms. The summed E-state index contributed by atoms with van der Waals surface area (Å²) in [6, 6.07) is 6.13. The Hall–Kier alpha value is -1.81. The van der Waals surface area contributed by atoms with E-state index >= 15 is 0 Å². The predicted octanol–water partition coefficient (Wildman–Crippen LogP) is 1.23. The molecule has 1 aromatic heterocycles. The lowest BCUT2D eigenvalue weighted by Gasteiger charge is -2.30. The second-order valence-corrected chi connectivity index (χ2v) is 4.33. The molecule has 4 nitrogen and oxygen atoms in total. The Morgan fingerprint density at radius 3 is 2.76 bits per heavy atom. The lowest BCUT2D eigenvalue weighted by molar-refractivity contribution is 0.590. The van der Waals surface area contributed by atoms with Crippen molar-refractivity contribution in [3.8, 4) is 0 Å². The topological polar surface area (TPSA) is 54.2 Å². The van der Waals surface area contributed by atoms with E-state index in [0.717, 1.165) is 37.3 Å². The van der Waals surface area contributed by atoms with E-state index in [-0.39, 0.29) is 0 Å².